The monoisotopic (exact) mass is 403 g/mol. The van der Waals surface area contributed by atoms with Crippen molar-refractivity contribution in [2.45, 2.75) is 26.3 Å². The van der Waals surface area contributed by atoms with Crippen molar-refractivity contribution in [1.82, 2.24) is 10.3 Å². The molecule has 0 fully saturated rings. The number of hydrogen-bond acceptors (Lipinski definition) is 4. The third kappa shape index (κ3) is 6.74. The Labute approximate surface area is 176 Å². The Morgan fingerprint density at radius 2 is 1.77 bits per heavy atom. The van der Waals surface area contributed by atoms with Crippen LogP contribution in [0.2, 0.25) is 0 Å². The minimum atomic E-state index is -0.173. The Balaban J connectivity index is 1.36. The van der Waals surface area contributed by atoms with E-state index in [0.717, 1.165) is 17.0 Å². The van der Waals surface area contributed by atoms with Crippen LogP contribution in [-0.4, -0.2) is 23.4 Å². The van der Waals surface area contributed by atoms with Crippen LogP contribution in [0.5, 0.6) is 5.75 Å². The molecule has 2 amide bonds. The number of carbonyl (C=O) groups excluding carboxylic acids is 2. The molecule has 0 radical (unpaired) electrons. The predicted octanol–water partition coefficient (Wildman–Crippen LogP) is 4.12. The molecule has 3 rings (SSSR count). The first-order chi connectivity index (χ1) is 14.6. The summed E-state index contributed by atoms with van der Waals surface area (Å²) in [6.07, 6.45) is 4.17. The van der Waals surface area contributed by atoms with Gasteiger partial charge in [-0.2, -0.15) is 0 Å². The van der Waals surface area contributed by atoms with Crippen LogP contribution in [0.4, 0.5) is 5.69 Å². The van der Waals surface area contributed by atoms with E-state index in [-0.39, 0.29) is 11.8 Å². The van der Waals surface area contributed by atoms with Crippen LogP contribution in [-0.2, 0) is 11.3 Å². The van der Waals surface area contributed by atoms with Crippen molar-refractivity contribution in [3.8, 4) is 5.75 Å². The summed E-state index contributed by atoms with van der Waals surface area (Å²) in [6.45, 7) is 2.92. The average Bonchev–Trinajstić information content (AvgIpc) is 2.78. The highest BCUT2D eigenvalue weighted by molar-refractivity contribution is 5.93. The maximum absolute atomic E-state index is 12.1. The number of aromatic nitrogens is 1. The first kappa shape index (κ1) is 21.0. The zero-order chi connectivity index (χ0) is 21.2. The molecule has 0 bridgehead atoms. The van der Waals surface area contributed by atoms with Crippen molar-refractivity contribution in [1.29, 1.82) is 0 Å². The lowest BCUT2D eigenvalue weighted by Crippen LogP contribution is -2.22. The van der Waals surface area contributed by atoms with Crippen LogP contribution in [0.1, 0.15) is 34.3 Å². The van der Waals surface area contributed by atoms with E-state index in [0.29, 0.717) is 31.6 Å². The number of carbonyl (C=O) groups is 2. The van der Waals surface area contributed by atoms with Crippen LogP contribution < -0.4 is 15.4 Å². The van der Waals surface area contributed by atoms with Crippen LogP contribution in [0.25, 0.3) is 0 Å². The fourth-order valence-corrected chi connectivity index (χ4v) is 2.77. The maximum atomic E-state index is 12.1. The van der Waals surface area contributed by atoms with Crippen molar-refractivity contribution < 1.29 is 14.3 Å². The molecule has 30 heavy (non-hydrogen) atoms. The van der Waals surface area contributed by atoms with Crippen molar-refractivity contribution in [3.63, 3.8) is 0 Å². The highest BCUT2D eigenvalue weighted by Gasteiger charge is 2.06. The molecule has 1 heterocycles. The maximum Gasteiger partial charge on any atom is 0.253 e. The normalized spacial score (nSPS) is 10.3. The Morgan fingerprint density at radius 3 is 2.47 bits per heavy atom. The molecular formula is C24H25N3O3. The average molecular weight is 403 g/mol. The minimum Gasteiger partial charge on any atom is -0.494 e. The van der Waals surface area contributed by atoms with Gasteiger partial charge in [0.2, 0.25) is 5.91 Å². The zero-order valence-electron chi connectivity index (χ0n) is 16.9. The minimum absolute atomic E-state index is 0.0554. The summed E-state index contributed by atoms with van der Waals surface area (Å²) in [5.41, 5.74) is 3.37. The summed E-state index contributed by atoms with van der Waals surface area (Å²) < 4.78 is 5.64. The number of hydrogen-bond donors (Lipinski definition) is 2. The summed E-state index contributed by atoms with van der Waals surface area (Å²) in [7, 11) is 0. The van der Waals surface area contributed by atoms with E-state index in [4.69, 9.17) is 4.74 Å². The van der Waals surface area contributed by atoms with E-state index >= 15 is 0 Å². The number of anilines is 1. The van der Waals surface area contributed by atoms with E-state index in [1.165, 1.54) is 11.8 Å². The van der Waals surface area contributed by atoms with Gasteiger partial charge in [0.05, 0.1) is 12.2 Å². The zero-order valence-corrected chi connectivity index (χ0v) is 16.9. The van der Waals surface area contributed by atoms with Crippen molar-refractivity contribution in [3.05, 3.63) is 89.7 Å². The number of nitrogens with one attached hydrogen (secondary N) is 2. The van der Waals surface area contributed by atoms with E-state index < -0.39 is 0 Å². The van der Waals surface area contributed by atoms with Gasteiger partial charge in [-0.05, 0) is 55.3 Å². The van der Waals surface area contributed by atoms with Crippen LogP contribution in [0.3, 0.4) is 0 Å². The molecule has 0 atom stereocenters. The highest BCUT2D eigenvalue weighted by atomic mass is 16.5. The van der Waals surface area contributed by atoms with Gasteiger partial charge >= 0.3 is 0 Å². The summed E-state index contributed by atoms with van der Waals surface area (Å²) >= 11 is 0. The standard InChI is InChI=1S/C24H25N3O3/c1-18-6-12-22(13-7-18)30-15-3-5-23(28)27-21-10-8-19(9-11-21)16-26-24(29)20-4-2-14-25-17-20/h2,4,6-14,17H,3,5,15-16H2,1H3,(H,26,29)(H,27,28). The number of aryl methyl sites for hydroxylation is 1. The lowest BCUT2D eigenvalue weighted by Gasteiger charge is -2.09. The van der Waals surface area contributed by atoms with Crippen molar-refractivity contribution in [2.75, 3.05) is 11.9 Å². The fourth-order valence-electron chi connectivity index (χ4n) is 2.77. The first-order valence-electron chi connectivity index (χ1n) is 9.86. The molecule has 0 aliphatic heterocycles. The molecule has 3 aromatic rings. The molecule has 0 saturated heterocycles. The molecule has 154 valence electrons. The molecule has 2 aromatic carbocycles. The SMILES string of the molecule is Cc1ccc(OCCCC(=O)Nc2ccc(CNC(=O)c3cccnc3)cc2)cc1. The van der Waals surface area contributed by atoms with E-state index in [2.05, 4.69) is 15.6 Å². The molecule has 0 aliphatic rings. The Hall–Kier alpha value is -3.67. The van der Waals surface area contributed by atoms with Gasteiger partial charge in [-0.25, -0.2) is 0 Å². The molecular weight excluding hydrogens is 378 g/mol. The van der Waals surface area contributed by atoms with Gasteiger partial charge in [0.1, 0.15) is 5.75 Å². The molecule has 0 unspecified atom stereocenters. The van der Waals surface area contributed by atoms with E-state index in [1.807, 2.05) is 55.5 Å². The number of rotatable bonds is 9. The number of nitrogens with zero attached hydrogens (tertiary/aromatic N) is 1. The molecule has 1 aromatic heterocycles. The number of benzene rings is 2. The Morgan fingerprint density at radius 1 is 1.00 bits per heavy atom. The van der Waals surface area contributed by atoms with Gasteiger partial charge in [-0.3, -0.25) is 14.6 Å². The quantitative estimate of drug-likeness (QED) is 0.527. The van der Waals surface area contributed by atoms with Crippen LogP contribution >= 0.6 is 0 Å². The second-order valence-electron chi connectivity index (χ2n) is 6.93. The summed E-state index contributed by atoms with van der Waals surface area (Å²) in [5.74, 6) is 0.584. The van der Waals surface area contributed by atoms with Gasteiger partial charge in [-0.1, -0.05) is 29.8 Å². The summed E-state index contributed by atoms with van der Waals surface area (Å²) in [4.78, 5) is 28.1. The number of ether oxygens (including phenoxy) is 1. The summed E-state index contributed by atoms with van der Waals surface area (Å²) in [6, 6.07) is 18.7. The third-order valence-electron chi connectivity index (χ3n) is 4.45. The molecule has 6 nitrogen and oxygen atoms in total. The van der Waals surface area contributed by atoms with Gasteiger partial charge in [0.15, 0.2) is 0 Å². The van der Waals surface area contributed by atoms with Gasteiger partial charge in [0.25, 0.3) is 5.91 Å². The largest absolute Gasteiger partial charge is 0.494 e. The lowest BCUT2D eigenvalue weighted by atomic mass is 10.2. The van der Waals surface area contributed by atoms with Crippen molar-refractivity contribution in [2.24, 2.45) is 0 Å². The van der Waals surface area contributed by atoms with Gasteiger partial charge < -0.3 is 15.4 Å². The van der Waals surface area contributed by atoms with Gasteiger partial charge in [-0.15, -0.1) is 0 Å². The van der Waals surface area contributed by atoms with E-state index in [9.17, 15) is 9.59 Å². The lowest BCUT2D eigenvalue weighted by molar-refractivity contribution is -0.116. The van der Waals surface area contributed by atoms with Gasteiger partial charge in [0, 0.05) is 31.0 Å². The Bertz CT molecular complexity index is 955. The first-order valence-corrected chi connectivity index (χ1v) is 9.86. The topological polar surface area (TPSA) is 80.3 Å². The second kappa shape index (κ2) is 10.8. The van der Waals surface area contributed by atoms with Crippen LogP contribution in [0.15, 0.2) is 73.1 Å². The molecule has 0 aliphatic carbocycles. The van der Waals surface area contributed by atoms with Crippen molar-refractivity contribution >= 4 is 17.5 Å². The fraction of sp³-hybridized carbons (Fsp3) is 0.208. The molecule has 6 heteroatoms. The molecule has 0 saturated carbocycles. The van der Waals surface area contributed by atoms with E-state index in [1.54, 1.807) is 18.3 Å². The second-order valence-corrected chi connectivity index (χ2v) is 6.93. The third-order valence-corrected chi connectivity index (χ3v) is 4.45. The molecule has 0 spiro atoms. The highest BCUT2D eigenvalue weighted by Crippen LogP contribution is 2.13. The number of amides is 2. The summed E-state index contributed by atoms with van der Waals surface area (Å²) in [5, 5.41) is 5.72. The predicted molar refractivity (Wildman–Crippen MR) is 116 cm³/mol. The smallest absolute Gasteiger partial charge is 0.253 e. The van der Waals surface area contributed by atoms with Crippen LogP contribution in [0, 0.1) is 6.92 Å². The Kier molecular flexibility index (Phi) is 7.55. The molecule has 2 N–H and O–H groups in total. The number of pyridine rings is 1.